The van der Waals surface area contributed by atoms with E-state index in [0.717, 1.165) is 0 Å². The van der Waals surface area contributed by atoms with Crippen LogP contribution in [0.25, 0.3) is 0 Å². The fourth-order valence-corrected chi connectivity index (χ4v) is 5.48. The van der Waals surface area contributed by atoms with Gasteiger partial charge in [0.15, 0.2) is 18.1 Å². The van der Waals surface area contributed by atoms with E-state index < -0.39 is 10.0 Å². The highest BCUT2D eigenvalue weighted by molar-refractivity contribution is 7.89. The van der Waals surface area contributed by atoms with Gasteiger partial charge in [-0.1, -0.05) is 12.1 Å². The predicted octanol–water partition coefficient (Wildman–Crippen LogP) is 1.35. The van der Waals surface area contributed by atoms with Gasteiger partial charge in [0.2, 0.25) is 10.0 Å². The fourth-order valence-electron chi connectivity index (χ4n) is 3.61. The third-order valence-corrected chi connectivity index (χ3v) is 7.42. The topological polar surface area (TPSA) is 94.0 Å². The summed E-state index contributed by atoms with van der Waals surface area (Å²) < 4.78 is 40.2. The second kappa shape index (κ2) is 9.05. The van der Waals surface area contributed by atoms with Crippen LogP contribution in [0.1, 0.15) is 17.8 Å². The third-order valence-electron chi connectivity index (χ3n) is 5.27. The first-order valence-corrected chi connectivity index (χ1v) is 11.2. The molecule has 10 heteroatoms. The summed E-state index contributed by atoms with van der Waals surface area (Å²) in [7, 11) is -0.406. The maximum absolute atomic E-state index is 13.2. The molecule has 2 heterocycles. The molecule has 0 bridgehead atoms. The number of hydrogen-bond acceptors (Lipinski definition) is 6. The Labute approximate surface area is 177 Å². The molecule has 0 spiro atoms. The van der Waals surface area contributed by atoms with Crippen LogP contribution in [0, 0.1) is 13.8 Å². The molecule has 1 saturated heterocycles. The molecule has 0 saturated carbocycles. The number of benzene rings is 1. The Balaban J connectivity index is 1.65. The van der Waals surface area contributed by atoms with Crippen molar-refractivity contribution >= 4 is 15.9 Å². The summed E-state index contributed by atoms with van der Waals surface area (Å²) in [4.78, 5) is 14.5. The highest BCUT2D eigenvalue weighted by Crippen LogP contribution is 2.26. The molecule has 9 nitrogen and oxygen atoms in total. The van der Waals surface area contributed by atoms with E-state index in [9.17, 15) is 13.2 Å². The zero-order chi connectivity index (χ0) is 21.9. The summed E-state index contributed by atoms with van der Waals surface area (Å²) in [6.45, 7) is 4.69. The molecule has 0 radical (unpaired) electrons. The number of aryl methyl sites for hydroxylation is 2. The molecule has 1 aliphatic heterocycles. The van der Waals surface area contributed by atoms with Crippen LogP contribution in [0.4, 0.5) is 0 Å². The van der Waals surface area contributed by atoms with Gasteiger partial charge in [0, 0.05) is 33.2 Å². The van der Waals surface area contributed by atoms with Gasteiger partial charge in [-0.05, 0) is 32.4 Å². The van der Waals surface area contributed by atoms with Crippen LogP contribution in [-0.2, 0) is 21.9 Å². The Morgan fingerprint density at radius 2 is 1.80 bits per heavy atom. The normalized spacial score (nSPS) is 15.7. The maximum Gasteiger partial charge on any atom is 0.260 e. The van der Waals surface area contributed by atoms with E-state index in [1.165, 1.54) is 4.31 Å². The number of para-hydroxylation sites is 2. The van der Waals surface area contributed by atoms with E-state index in [1.54, 1.807) is 55.8 Å². The van der Waals surface area contributed by atoms with Crippen molar-refractivity contribution in [3.8, 4) is 11.5 Å². The minimum atomic E-state index is -3.68. The number of aromatic nitrogens is 2. The SMILES string of the molecule is COc1ccccc1OCC(=O)N1CCCN(S(=O)(=O)c2c(C)nn(C)c2C)CC1. The molecule has 1 aromatic carbocycles. The van der Waals surface area contributed by atoms with E-state index in [2.05, 4.69) is 5.10 Å². The van der Waals surface area contributed by atoms with Crippen molar-refractivity contribution in [2.45, 2.75) is 25.2 Å². The van der Waals surface area contributed by atoms with Crippen LogP contribution < -0.4 is 9.47 Å². The van der Waals surface area contributed by atoms with E-state index in [1.807, 2.05) is 6.07 Å². The van der Waals surface area contributed by atoms with Crippen LogP contribution in [0.5, 0.6) is 11.5 Å². The minimum absolute atomic E-state index is 0.131. The van der Waals surface area contributed by atoms with Crippen molar-refractivity contribution in [2.24, 2.45) is 7.05 Å². The summed E-state index contributed by atoms with van der Waals surface area (Å²) in [5, 5.41) is 4.23. The molecule has 0 unspecified atom stereocenters. The Bertz CT molecular complexity index is 1020. The molecule has 0 atom stereocenters. The van der Waals surface area contributed by atoms with Crippen LogP contribution >= 0.6 is 0 Å². The average molecular weight is 437 g/mol. The number of rotatable bonds is 6. The van der Waals surface area contributed by atoms with E-state index in [0.29, 0.717) is 48.9 Å². The van der Waals surface area contributed by atoms with Crippen molar-refractivity contribution in [1.82, 2.24) is 19.0 Å². The molecule has 3 rings (SSSR count). The summed E-state index contributed by atoms with van der Waals surface area (Å²) >= 11 is 0. The van der Waals surface area contributed by atoms with Gasteiger partial charge in [0.25, 0.3) is 5.91 Å². The fraction of sp³-hybridized carbons (Fsp3) is 0.500. The molecule has 1 amide bonds. The molecule has 0 N–H and O–H groups in total. The van der Waals surface area contributed by atoms with Crippen molar-refractivity contribution < 1.29 is 22.7 Å². The largest absolute Gasteiger partial charge is 0.493 e. The summed E-state index contributed by atoms with van der Waals surface area (Å²) in [5.74, 6) is 0.865. The van der Waals surface area contributed by atoms with Gasteiger partial charge in [-0.3, -0.25) is 9.48 Å². The first-order valence-electron chi connectivity index (χ1n) is 9.79. The first-order chi connectivity index (χ1) is 14.3. The quantitative estimate of drug-likeness (QED) is 0.679. The molecule has 1 aromatic heterocycles. The summed E-state index contributed by atoms with van der Waals surface area (Å²) in [6.07, 6.45) is 0.554. The lowest BCUT2D eigenvalue weighted by Gasteiger charge is -2.22. The number of hydrogen-bond donors (Lipinski definition) is 0. The summed E-state index contributed by atoms with van der Waals surface area (Å²) in [6, 6.07) is 7.13. The highest BCUT2D eigenvalue weighted by atomic mass is 32.2. The number of methoxy groups -OCH3 is 1. The van der Waals surface area contributed by atoms with Crippen molar-refractivity contribution in [1.29, 1.82) is 0 Å². The predicted molar refractivity (Wildman–Crippen MR) is 111 cm³/mol. The van der Waals surface area contributed by atoms with Crippen molar-refractivity contribution in [2.75, 3.05) is 39.9 Å². The number of ether oxygens (including phenoxy) is 2. The Morgan fingerprint density at radius 1 is 1.10 bits per heavy atom. The zero-order valence-electron chi connectivity index (χ0n) is 17.8. The van der Waals surface area contributed by atoms with E-state index in [4.69, 9.17) is 9.47 Å². The number of amides is 1. The zero-order valence-corrected chi connectivity index (χ0v) is 18.6. The lowest BCUT2D eigenvalue weighted by Crippen LogP contribution is -2.39. The minimum Gasteiger partial charge on any atom is -0.493 e. The van der Waals surface area contributed by atoms with E-state index >= 15 is 0 Å². The van der Waals surface area contributed by atoms with Gasteiger partial charge < -0.3 is 14.4 Å². The van der Waals surface area contributed by atoms with Crippen molar-refractivity contribution in [3.63, 3.8) is 0 Å². The second-order valence-corrected chi connectivity index (χ2v) is 9.08. The molecule has 1 fully saturated rings. The first kappa shape index (κ1) is 22.1. The van der Waals surface area contributed by atoms with Crippen LogP contribution in [0.15, 0.2) is 29.2 Å². The lowest BCUT2D eigenvalue weighted by molar-refractivity contribution is -0.133. The van der Waals surface area contributed by atoms with Gasteiger partial charge in [0.05, 0.1) is 18.5 Å². The Morgan fingerprint density at radius 3 is 2.43 bits per heavy atom. The summed E-state index contributed by atoms with van der Waals surface area (Å²) in [5.41, 5.74) is 1.09. The van der Waals surface area contributed by atoms with E-state index in [-0.39, 0.29) is 24.0 Å². The van der Waals surface area contributed by atoms with Gasteiger partial charge in [-0.25, -0.2) is 8.42 Å². The number of sulfonamides is 1. The molecular formula is C20H28N4O5S. The van der Waals surface area contributed by atoms with Gasteiger partial charge >= 0.3 is 0 Å². The second-order valence-electron chi connectivity index (χ2n) is 7.20. The van der Waals surface area contributed by atoms with Crippen LogP contribution in [-0.4, -0.2) is 73.2 Å². The van der Waals surface area contributed by atoms with Gasteiger partial charge in [0.1, 0.15) is 4.90 Å². The van der Waals surface area contributed by atoms with Crippen LogP contribution in [0.2, 0.25) is 0 Å². The van der Waals surface area contributed by atoms with Gasteiger partial charge in [-0.15, -0.1) is 0 Å². The molecule has 0 aliphatic carbocycles. The molecule has 2 aromatic rings. The monoisotopic (exact) mass is 436 g/mol. The molecule has 164 valence electrons. The smallest absolute Gasteiger partial charge is 0.260 e. The highest BCUT2D eigenvalue weighted by Gasteiger charge is 2.32. The standard InChI is InChI=1S/C20H28N4O5S/c1-15-20(16(2)22(3)21-15)30(26,27)24-11-7-10-23(12-13-24)19(25)14-29-18-9-6-5-8-17(18)28-4/h5-6,8-9H,7,10-14H2,1-4H3. The average Bonchev–Trinajstić information content (AvgIpc) is 2.90. The molecule has 1 aliphatic rings. The number of carbonyl (C=O) groups excluding carboxylic acids is 1. The lowest BCUT2D eigenvalue weighted by atomic mass is 10.3. The Hall–Kier alpha value is -2.59. The number of nitrogens with zero attached hydrogens (tertiary/aromatic N) is 4. The Kier molecular flexibility index (Phi) is 6.67. The third kappa shape index (κ3) is 4.44. The van der Waals surface area contributed by atoms with Gasteiger partial charge in [-0.2, -0.15) is 9.40 Å². The maximum atomic E-state index is 13.2. The molecular weight excluding hydrogens is 408 g/mol. The molecule has 30 heavy (non-hydrogen) atoms. The number of carbonyl (C=O) groups is 1. The van der Waals surface area contributed by atoms with Crippen LogP contribution in [0.3, 0.4) is 0 Å². The van der Waals surface area contributed by atoms with Crippen molar-refractivity contribution in [3.05, 3.63) is 35.7 Å².